The number of H-pyrrole nitrogens is 1. The third-order valence-corrected chi connectivity index (χ3v) is 3.90. The monoisotopic (exact) mass is 280 g/mol. The van der Waals surface area contributed by atoms with Crippen molar-refractivity contribution < 1.29 is 13.2 Å². The lowest BCUT2D eigenvalue weighted by atomic mass is 10.1. The van der Waals surface area contributed by atoms with E-state index in [1.165, 1.54) is 18.3 Å². The Morgan fingerprint density at radius 2 is 2.11 bits per heavy atom. The van der Waals surface area contributed by atoms with Crippen molar-refractivity contribution >= 4 is 21.6 Å². The molecule has 1 aromatic carbocycles. The molecule has 0 aliphatic heterocycles. The number of anilines is 1. The molecule has 4 N–H and O–H groups in total. The van der Waals surface area contributed by atoms with Crippen molar-refractivity contribution in [1.29, 1.82) is 0 Å². The lowest BCUT2D eigenvalue weighted by Gasteiger charge is -2.11. The third-order valence-electron chi connectivity index (χ3n) is 2.61. The number of benzene rings is 1. The topological polar surface area (TPSA) is 118 Å². The number of primary amides is 1. The van der Waals surface area contributed by atoms with Crippen LogP contribution in [0.2, 0.25) is 0 Å². The predicted molar refractivity (Wildman–Crippen MR) is 69.1 cm³/mol. The Hall–Kier alpha value is -2.35. The summed E-state index contributed by atoms with van der Waals surface area (Å²) in [7, 11) is -3.76. The van der Waals surface area contributed by atoms with E-state index in [9.17, 15) is 13.2 Å². The van der Waals surface area contributed by atoms with Gasteiger partial charge in [0.15, 0.2) is 5.03 Å². The fourth-order valence-corrected chi connectivity index (χ4v) is 2.64. The summed E-state index contributed by atoms with van der Waals surface area (Å²) in [5, 5.41) is 5.88. The van der Waals surface area contributed by atoms with Gasteiger partial charge < -0.3 is 5.73 Å². The first kappa shape index (κ1) is 13.1. The highest BCUT2D eigenvalue weighted by atomic mass is 32.2. The summed E-state index contributed by atoms with van der Waals surface area (Å²) < 4.78 is 26.4. The molecule has 1 aromatic heterocycles. The number of rotatable bonds is 4. The SMILES string of the molecule is Cc1c(NS(=O)(=O)c2ccn[nH]2)cccc1C(N)=O. The number of nitrogens with one attached hydrogen (secondary N) is 2. The number of carbonyl (C=O) groups is 1. The number of sulfonamides is 1. The summed E-state index contributed by atoms with van der Waals surface area (Å²) in [6.07, 6.45) is 1.33. The maximum atomic E-state index is 12.0. The molecule has 0 unspecified atom stereocenters. The fraction of sp³-hybridized carbons (Fsp3) is 0.0909. The second kappa shape index (κ2) is 4.73. The number of aromatic nitrogens is 2. The standard InChI is InChI=1S/C11H12N4O3S/c1-7-8(11(12)16)3-2-4-9(7)15-19(17,18)10-5-6-13-14-10/h2-6,15H,1H3,(H2,12,16)(H,13,14). The Labute approximate surface area is 109 Å². The van der Waals surface area contributed by atoms with Crippen molar-refractivity contribution in [3.8, 4) is 0 Å². The zero-order valence-corrected chi connectivity index (χ0v) is 10.9. The summed E-state index contributed by atoms with van der Waals surface area (Å²) in [5.74, 6) is -0.611. The minimum Gasteiger partial charge on any atom is -0.366 e. The number of hydrogen-bond acceptors (Lipinski definition) is 4. The van der Waals surface area contributed by atoms with Gasteiger partial charge in [0, 0.05) is 5.56 Å². The van der Waals surface area contributed by atoms with Crippen molar-refractivity contribution in [3.63, 3.8) is 0 Å². The smallest absolute Gasteiger partial charge is 0.278 e. The molecule has 1 heterocycles. The van der Waals surface area contributed by atoms with Gasteiger partial charge in [0.2, 0.25) is 5.91 Å². The van der Waals surface area contributed by atoms with Crippen LogP contribution in [0.25, 0.3) is 0 Å². The van der Waals surface area contributed by atoms with Crippen molar-refractivity contribution in [2.24, 2.45) is 5.73 Å². The van der Waals surface area contributed by atoms with Crippen LogP contribution in [0.15, 0.2) is 35.5 Å². The molecule has 100 valence electrons. The number of nitrogens with two attached hydrogens (primary N) is 1. The number of carbonyl (C=O) groups excluding carboxylic acids is 1. The van der Waals surface area contributed by atoms with E-state index < -0.39 is 15.9 Å². The fourth-order valence-electron chi connectivity index (χ4n) is 1.61. The van der Waals surface area contributed by atoms with E-state index in [0.29, 0.717) is 11.3 Å². The van der Waals surface area contributed by atoms with Crippen LogP contribution in [0.5, 0.6) is 0 Å². The minimum absolute atomic E-state index is 0.0589. The Morgan fingerprint density at radius 1 is 1.37 bits per heavy atom. The van der Waals surface area contributed by atoms with Crippen LogP contribution in [0.4, 0.5) is 5.69 Å². The van der Waals surface area contributed by atoms with Crippen LogP contribution < -0.4 is 10.5 Å². The van der Waals surface area contributed by atoms with E-state index in [-0.39, 0.29) is 10.6 Å². The largest absolute Gasteiger partial charge is 0.366 e. The van der Waals surface area contributed by atoms with Crippen LogP contribution in [-0.4, -0.2) is 24.5 Å². The van der Waals surface area contributed by atoms with Crippen molar-refractivity contribution in [2.75, 3.05) is 4.72 Å². The summed E-state index contributed by atoms with van der Waals surface area (Å²) in [6, 6.07) is 5.97. The highest BCUT2D eigenvalue weighted by Gasteiger charge is 2.18. The van der Waals surface area contributed by atoms with Crippen LogP contribution >= 0.6 is 0 Å². The van der Waals surface area contributed by atoms with Gasteiger partial charge in [0.05, 0.1) is 11.9 Å². The molecule has 0 aliphatic carbocycles. The van der Waals surface area contributed by atoms with E-state index in [1.54, 1.807) is 19.1 Å². The first-order chi connectivity index (χ1) is 8.92. The Balaban J connectivity index is 2.40. The molecule has 0 saturated heterocycles. The average Bonchev–Trinajstić information content (AvgIpc) is 2.85. The summed E-state index contributed by atoms with van der Waals surface area (Å²) in [5.41, 5.74) is 6.25. The molecular formula is C11H12N4O3S. The molecule has 19 heavy (non-hydrogen) atoms. The van der Waals surface area contributed by atoms with E-state index in [4.69, 9.17) is 5.73 Å². The molecule has 1 amide bonds. The quantitative estimate of drug-likeness (QED) is 0.760. The summed E-state index contributed by atoms with van der Waals surface area (Å²) >= 11 is 0. The van der Waals surface area contributed by atoms with Gasteiger partial charge >= 0.3 is 0 Å². The average molecular weight is 280 g/mol. The van der Waals surface area contributed by atoms with Gasteiger partial charge in [-0.15, -0.1) is 0 Å². The molecular weight excluding hydrogens is 268 g/mol. The minimum atomic E-state index is -3.76. The number of amides is 1. The van der Waals surface area contributed by atoms with Gasteiger partial charge in [-0.1, -0.05) is 6.07 Å². The first-order valence-corrected chi connectivity index (χ1v) is 6.82. The molecule has 0 radical (unpaired) electrons. The highest BCUT2D eigenvalue weighted by molar-refractivity contribution is 7.92. The van der Waals surface area contributed by atoms with E-state index in [2.05, 4.69) is 14.9 Å². The van der Waals surface area contributed by atoms with Crippen molar-refractivity contribution in [2.45, 2.75) is 11.9 Å². The van der Waals surface area contributed by atoms with Gasteiger partial charge in [-0.2, -0.15) is 13.5 Å². The first-order valence-electron chi connectivity index (χ1n) is 5.33. The van der Waals surface area contributed by atoms with Gasteiger partial charge in [-0.05, 0) is 30.7 Å². The molecule has 0 atom stereocenters. The zero-order chi connectivity index (χ0) is 14.0. The Morgan fingerprint density at radius 3 is 2.68 bits per heavy atom. The lowest BCUT2D eigenvalue weighted by molar-refractivity contribution is 0.0999. The predicted octanol–water partition coefficient (Wildman–Crippen LogP) is 0.618. The van der Waals surface area contributed by atoms with Gasteiger partial charge in [0.1, 0.15) is 0 Å². The number of hydrogen-bond donors (Lipinski definition) is 3. The Kier molecular flexibility index (Phi) is 3.26. The molecule has 2 rings (SSSR count). The molecule has 8 heteroatoms. The van der Waals surface area contributed by atoms with E-state index >= 15 is 0 Å². The van der Waals surface area contributed by atoms with Gasteiger partial charge in [-0.25, -0.2) is 0 Å². The van der Waals surface area contributed by atoms with E-state index in [1.807, 2.05) is 0 Å². The maximum absolute atomic E-state index is 12.0. The zero-order valence-electron chi connectivity index (χ0n) is 10.0. The molecule has 0 bridgehead atoms. The van der Waals surface area contributed by atoms with E-state index in [0.717, 1.165) is 0 Å². The highest BCUT2D eigenvalue weighted by Crippen LogP contribution is 2.21. The summed E-state index contributed by atoms with van der Waals surface area (Å²) in [6.45, 7) is 1.62. The maximum Gasteiger partial charge on any atom is 0.278 e. The van der Waals surface area contributed by atoms with Crippen LogP contribution in [0.3, 0.4) is 0 Å². The molecule has 0 fully saturated rings. The third kappa shape index (κ3) is 2.58. The van der Waals surface area contributed by atoms with Crippen molar-refractivity contribution in [1.82, 2.24) is 10.2 Å². The van der Waals surface area contributed by atoms with Gasteiger partial charge in [-0.3, -0.25) is 14.6 Å². The molecule has 2 aromatic rings. The Bertz CT molecular complexity index is 708. The second-order valence-corrected chi connectivity index (χ2v) is 5.52. The number of nitrogens with zero attached hydrogens (tertiary/aromatic N) is 1. The normalized spacial score (nSPS) is 11.2. The second-order valence-electron chi connectivity index (χ2n) is 3.87. The van der Waals surface area contributed by atoms with Gasteiger partial charge in [0.25, 0.3) is 10.0 Å². The molecule has 0 aliphatic rings. The van der Waals surface area contributed by atoms with Crippen LogP contribution in [-0.2, 0) is 10.0 Å². The lowest BCUT2D eigenvalue weighted by Crippen LogP contribution is -2.17. The molecule has 0 saturated carbocycles. The number of aromatic amines is 1. The van der Waals surface area contributed by atoms with Crippen LogP contribution in [0.1, 0.15) is 15.9 Å². The van der Waals surface area contributed by atoms with Crippen molar-refractivity contribution in [3.05, 3.63) is 41.6 Å². The van der Waals surface area contributed by atoms with Crippen LogP contribution in [0, 0.1) is 6.92 Å². The molecule has 0 spiro atoms. The summed E-state index contributed by atoms with van der Waals surface area (Å²) in [4.78, 5) is 11.2. The molecule has 7 nitrogen and oxygen atoms in total.